The van der Waals surface area contributed by atoms with E-state index in [0.717, 1.165) is 41.9 Å². The second kappa shape index (κ2) is 16.6. The van der Waals surface area contributed by atoms with Crippen LogP contribution in [0.4, 0.5) is 0 Å². The van der Waals surface area contributed by atoms with E-state index in [0.29, 0.717) is 25.3 Å². The first-order chi connectivity index (χ1) is 19.5. The van der Waals surface area contributed by atoms with Crippen LogP contribution in [-0.2, 0) is 35.3 Å². The van der Waals surface area contributed by atoms with Gasteiger partial charge in [-0.05, 0) is 60.6 Å². The first kappa shape index (κ1) is 30.3. The number of hydrogen-bond acceptors (Lipinski definition) is 5. The molecule has 2 N–H and O–H groups in total. The Balaban J connectivity index is 1.46. The summed E-state index contributed by atoms with van der Waals surface area (Å²) < 4.78 is 16.6. The number of aryl methyl sites for hydroxylation is 1. The molecule has 3 aromatic carbocycles. The average molecular weight is 545 g/mol. The topological polar surface area (TPSA) is 85.9 Å². The average Bonchev–Trinajstić information content (AvgIpc) is 2.98. The lowest BCUT2D eigenvalue weighted by atomic mass is 9.96. The van der Waals surface area contributed by atoms with E-state index in [-0.39, 0.29) is 24.7 Å². The minimum absolute atomic E-state index is 0.0532. The third kappa shape index (κ3) is 9.80. The van der Waals surface area contributed by atoms with Gasteiger partial charge in [0.1, 0.15) is 5.75 Å². The summed E-state index contributed by atoms with van der Waals surface area (Å²) in [5.74, 6) is 2.10. The van der Waals surface area contributed by atoms with Crippen LogP contribution in [0, 0.1) is 0 Å². The number of carbonyl (C=O) groups is 2. The Hall–Kier alpha value is -4.26. The Morgan fingerprint density at radius 2 is 1.35 bits per heavy atom. The lowest BCUT2D eigenvalue weighted by molar-refractivity contribution is -0.121. The predicted molar refractivity (Wildman–Crippen MR) is 158 cm³/mol. The summed E-state index contributed by atoms with van der Waals surface area (Å²) in [4.78, 5) is 24.4. The molecule has 0 aromatic heterocycles. The lowest BCUT2D eigenvalue weighted by Crippen LogP contribution is -2.25. The van der Waals surface area contributed by atoms with E-state index in [2.05, 4.69) is 16.7 Å². The van der Waals surface area contributed by atoms with Crippen LogP contribution in [-0.4, -0.2) is 46.2 Å². The van der Waals surface area contributed by atoms with Gasteiger partial charge in [0.15, 0.2) is 11.5 Å². The number of nitrogens with one attached hydrogen (secondary N) is 2. The Morgan fingerprint density at radius 1 is 0.675 bits per heavy atom. The van der Waals surface area contributed by atoms with Crippen LogP contribution in [0.3, 0.4) is 0 Å². The predicted octanol–water partition coefficient (Wildman–Crippen LogP) is 4.85. The fourth-order valence-corrected chi connectivity index (χ4v) is 4.49. The molecule has 0 heterocycles. The molecule has 0 saturated heterocycles. The lowest BCUT2D eigenvalue weighted by Gasteiger charge is -2.17. The Labute approximate surface area is 237 Å². The van der Waals surface area contributed by atoms with Gasteiger partial charge in [-0.1, -0.05) is 60.7 Å². The van der Waals surface area contributed by atoms with Crippen molar-refractivity contribution in [3.63, 3.8) is 0 Å². The molecular formula is C33H40N2O5. The molecule has 2 amide bonds. The number of ether oxygens (including phenoxy) is 3. The number of hydrogen-bond donors (Lipinski definition) is 2. The highest BCUT2D eigenvalue weighted by atomic mass is 16.5. The maximum Gasteiger partial charge on any atom is 0.223 e. The molecule has 0 atom stereocenters. The highest BCUT2D eigenvalue weighted by Crippen LogP contribution is 2.34. The normalized spacial score (nSPS) is 10.8. The van der Waals surface area contributed by atoms with E-state index in [1.807, 2.05) is 60.7 Å². The van der Waals surface area contributed by atoms with Crippen LogP contribution < -0.4 is 24.8 Å². The third-order valence-electron chi connectivity index (χ3n) is 6.61. The molecule has 3 aromatic rings. The van der Waals surface area contributed by atoms with Gasteiger partial charge in [-0.25, -0.2) is 0 Å². The van der Waals surface area contributed by atoms with E-state index in [1.165, 1.54) is 11.1 Å². The van der Waals surface area contributed by atoms with Gasteiger partial charge in [-0.2, -0.15) is 0 Å². The largest absolute Gasteiger partial charge is 0.497 e. The SMILES string of the molecule is COc1cccc(CCc2c(CCNC(=O)C/C=C/CC(=O)NCCc3ccccc3)ccc(OC)c2OC)c1. The molecule has 7 nitrogen and oxygen atoms in total. The Bertz CT molecular complexity index is 1260. The van der Waals surface area contributed by atoms with E-state index >= 15 is 0 Å². The first-order valence-corrected chi connectivity index (χ1v) is 13.6. The van der Waals surface area contributed by atoms with Crippen molar-refractivity contribution in [2.75, 3.05) is 34.4 Å². The van der Waals surface area contributed by atoms with Crippen molar-refractivity contribution in [3.8, 4) is 17.2 Å². The molecular weight excluding hydrogens is 504 g/mol. The molecule has 7 heteroatoms. The molecule has 3 rings (SSSR count). The highest BCUT2D eigenvalue weighted by molar-refractivity contribution is 5.79. The number of methoxy groups -OCH3 is 3. The monoisotopic (exact) mass is 544 g/mol. The maximum atomic E-state index is 12.4. The molecule has 0 radical (unpaired) electrons. The number of amides is 2. The summed E-state index contributed by atoms with van der Waals surface area (Å²) >= 11 is 0. The van der Waals surface area contributed by atoms with Gasteiger partial charge in [0, 0.05) is 31.5 Å². The number of rotatable bonds is 16. The molecule has 0 aliphatic carbocycles. The molecule has 0 saturated carbocycles. The third-order valence-corrected chi connectivity index (χ3v) is 6.61. The summed E-state index contributed by atoms with van der Waals surface area (Å²) in [5.41, 5.74) is 4.52. The van der Waals surface area contributed by atoms with Crippen molar-refractivity contribution < 1.29 is 23.8 Å². The van der Waals surface area contributed by atoms with E-state index in [9.17, 15) is 9.59 Å². The molecule has 0 aliphatic heterocycles. The fourth-order valence-electron chi connectivity index (χ4n) is 4.49. The van der Waals surface area contributed by atoms with Gasteiger partial charge in [-0.3, -0.25) is 9.59 Å². The van der Waals surface area contributed by atoms with E-state index < -0.39 is 0 Å². The van der Waals surface area contributed by atoms with Crippen molar-refractivity contribution in [2.24, 2.45) is 0 Å². The quantitative estimate of drug-likeness (QED) is 0.252. The van der Waals surface area contributed by atoms with Gasteiger partial charge >= 0.3 is 0 Å². The van der Waals surface area contributed by atoms with Gasteiger partial charge in [-0.15, -0.1) is 0 Å². The Morgan fingerprint density at radius 3 is 2.00 bits per heavy atom. The second-order valence-electron chi connectivity index (χ2n) is 9.36. The van der Waals surface area contributed by atoms with Crippen LogP contribution in [0.25, 0.3) is 0 Å². The minimum Gasteiger partial charge on any atom is -0.497 e. The fraction of sp³-hybridized carbons (Fsp3) is 0.333. The zero-order chi connectivity index (χ0) is 28.6. The second-order valence-corrected chi connectivity index (χ2v) is 9.36. The van der Waals surface area contributed by atoms with Crippen LogP contribution in [0.15, 0.2) is 78.9 Å². The molecule has 0 spiro atoms. The smallest absolute Gasteiger partial charge is 0.223 e. The van der Waals surface area contributed by atoms with Crippen molar-refractivity contribution in [3.05, 3.63) is 101 Å². The maximum absolute atomic E-state index is 12.4. The number of carbonyl (C=O) groups excluding carboxylic acids is 2. The molecule has 212 valence electrons. The summed E-state index contributed by atoms with van der Waals surface area (Å²) in [6, 6.07) is 22.0. The van der Waals surface area contributed by atoms with Crippen LogP contribution in [0.5, 0.6) is 17.2 Å². The summed E-state index contributed by atoms with van der Waals surface area (Å²) in [6.45, 7) is 1.09. The molecule has 0 bridgehead atoms. The standard InChI is InChI=1S/C33H40N2O5/c1-38-28-13-9-12-26(24-28)16-18-29-27(17-19-30(39-2)33(29)40-3)21-23-35-32(37)15-8-7-14-31(36)34-22-20-25-10-5-4-6-11-25/h4-13,17,19,24H,14-16,18,20-23H2,1-3H3,(H,34,36)(H,35,37)/b8-7+. The van der Waals surface area contributed by atoms with E-state index in [1.54, 1.807) is 33.5 Å². The zero-order valence-electron chi connectivity index (χ0n) is 23.7. The highest BCUT2D eigenvalue weighted by Gasteiger charge is 2.15. The summed E-state index contributed by atoms with van der Waals surface area (Å²) in [6.07, 6.45) is 6.98. The van der Waals surface area contributed by atoms with Gasteiger partial charge < -0.3 is 24.8 Å². The van der Waals surface area contributed by atoms with Crippen molar-refractivity contribution in [2.45, 2.75) is 38.5 Å². The zero-order valence-corrected chi connectivity index (χ0v) is 23.7. The molecule has 0 fully saturated rings. The minimum atomic E-state index is -0.0841. The summed E-state index contributed by atoms with van der Waals surface area (Å²) in [5, 5.41) is 5.88. The van der Waals surface area contributed by atoms with Gasteiger partial charge in [0.25, 0.3) is 0 Å². The van der Waals surface area contributed by atoms with Crippen LogP contribution >= 0.6 is 0 Å². The van der Waals surface area contributed by atoms with Crippen molar-refractivity contribution in [1.82, 2.24) is 10.6 Å². The van der Waals surface area contributed by atoms with Gasteiger partial charge in [0.05, 0.1) is 21.3 Å². The Kier molecular flexibility index (Phi) is 12.6. The van der Waals surface area contributed by atoms with Crippen molar-refractivity contribution in [1.29, 1.82) is 0 Å². The molecule has 40 heavy (non-hydrogen) atoms. The van der Waals surface area contributed by atoms with Gasteiger partial charge in [0.2, 0.25) is 11.8 Å². The first-order valence-electron chi connectivity index (χ1n) is 13.6. The van der Waals surface area contributed by atoms with Crippen LogP contribution in [0.1, 0.15) is 35.1 Å². The van der Waals surface area contributed by atoms with Crippen molar-refractivity contribution >= 4 is 11.8 Å². The van der Waals surface area contributed by atoms with Crippen LogP contribution in [0.2, 0.25) is 0 Å². The molecule has 0 aliphatic rings. The van der Waals surface area contributed by atoms with E-state index in [4.69, 9.17) is 14.2 Å². The molecule has 0 unspecified atom stereocenters. The number of benzene rings is 3. The summed E-state index contributed by atoms with van der Waals surface area (Å²) in [7, 11) is 4.94.